The van der Waals surface area contributed by atoms with Crippen LogP contribution in [0.4, 0.5) is 5.69 Å². The van der Waals surface area contributed by atoms with Crippen molar-refractivity contribution in [1.82, 2.24) is 9.97 Å². The number of carbonyl (C=O) groups is 1. The van der Waals surface area contributed by atoms with E-state index in [9.17, 15) is 13.2 Å². The Morgan fingerprint density at radius 1 is 1.25 bits per heavy atom. The molecule has 0 aliphatic heterocycles. The topological polar surface area (TPSA) is 124 Å². The van der Waals surface area contributed by atoms with Crippen molar-refractivity contribution in [2.75, 3.05) is 5.32 Å². The fourth-order valence-electron chi connectivity index (χ4n) is 2.00. The van der Waals surface area contributed by atoms with Crippen LogP contribution in [-0.4, -0.2) is 30.4 Å². The SMILES string of the molecule is CC(=O)Nc1ccc(-c2cnc(OC(C)C)nc2)c(S(N)(=O)=O)c1. The van der Waals surface area contributed by atoms with Crippen molar-refractivity contribution in [3.63, 3.8) is 0 Å². The number of ether oxygens (including phenoxy) is 1. The van der Waals surface area contributed by atoms with Crippen LogP contribution in [0, 0.1) is 0 Å². The third-order valence-corrected chi connectivity index (χ3v) is 3.84. The fourth-order valence-corrected chi connectivity index (χ4v) is 2.79. The number of amides is 1. The van der Waals surface area contributed by atoms with E-state index in [1.807, 2.05) is 13.8 Å². The van der Waals surface area contributed by atoms with Gasteiger partial charge in [-0.25, -0.2) is 23.5 Å². The molecule has 8 nitrogen and oxygen atoms in total. The highest BCUT2D eigenvalue weighted by molar-refractivity contribution is 7.89. The van der Waals surface area contributed by atoms with Gasteiger partial charge in [0.05, 0.1) is 11.0 Å². The minimum Gasteiger partial charge on any atom is -0.461 e. The lowest BCUT2D eigenvalue weighted by Gasteiger charge is -2.11. The van der Waals surface area contributed by atoms with Gasteiger partial charge < -0.3 is 10.1 Å². The summed E-state index contributed by atoms with van der Waals surface area (Å²) in [4.78, 5) is 19.1. The number of sulfonamides is 1. The largest absolute Gasteiger partial charge is 0.461 e. The van der Waals surface area contributed by atoms with Gasteiger partial charge in [-0.15, -0.1) is 0 Å². The minimum absolute atomic E-state index is 0.0761. The zero-order valence-corrected chi connectivity index (χ0v) is 14.3. The third-order valence-electron chi connectivity index (χ3n) is 2.89. The monoisotopic (exact) mass is 350 g/mol. The normalized spacial score (nSPS) is 11.4. The Hall–Kier alpha value is -2.52. The molecule has 1 amide bonds. The summed E-state index contributed by atoms with van der Waals surface area (Å²) in [6.07, 6.45) is 2.83. The first kappa shape index (κ1) is 17.8. The van der Waals surface area contributed by atoms with Crippen LogP contribution in [0.5, 0.6) is 6.01 Å². The third kappa shape index (κ3) is 4.49. The van der Waals surface area contributed by atoms with Gasteiger partial charge in [0.1, 0.15) is 0 Å². The van der Waals surface area contributed by atoms with Crippen molar-refractivity contribution in [3.8, 4) is 17.1 Å². The van der Waals surface area contributed by atoms with Crippen LogP contribution in [0.3, 0.4) is 0 Å². The van der Waals surface area contributed by atoms with Crippen molar-refractivity contribution >= 4 is 21.6 Å². The maximum absolute atomic E-state index is 11.9. The van der Waals surface area contributed by atoms with Crippen LogP contribution in [0.2, 0.25) is 0 Å². The summed E-state index contributed by atoms with van der Waals surface area (Å²) in [7, 11) is -4.01. The smallest absolute Gasteiger partial charge is 0.316 e. The maximum Gasteiger partial charge on any atom is 0.316 e. The Bertz CT molecular complexity index is 848. The number of hydrogen-bond donors (Lipinski definition) is 2. The second-order valence-electron chi connectivity index (χ2n) is 5.36. The lowest BCUT2D eigenvalue weighted by molar-refractivity contribution is -0.114. The second kappa shape index (κ2) is 6.93. The zero-order chi connectivity index (χ0) is 17.9. The molecular weight excluding hydrogens is 332 g/mol. The van der Waals surface area contributed by atoms with E-state index in [1.54, 1.807) is 6.07 Å². The molecule has 0 aliphatic rings. The van der Waals surface area contributed by atoms with Gasteiger partial charge in [0.25, 0.3) is 0 Å². The quantitative estimate of drug-likeness (QED) is 0.843. The molecule has 0 saturated carbocycles. The molecule has 0 bridgehead atoms. The molecule has 128 valence electrons. The van der Waals surface area contributed by atoms with Gasteiger partial charge in [0.2, 0.25) is 15.9 Å². The van der Waals surface area contributed by atoms with Crippen LogP contribution in [-0.2, 0) is 14.8 Å². The molecule has 0 saturated heterocycles. The van der Waals surface area contributed by atoms with E-state index in [2.05, 4.69) is 15.3 Å². The highest BCUT2D eigenvalue weighted by Gasteiger charge is 2.17. The highest BCUT2D eigenvalue weighted by atomic mass is 32.2. The van der Waals surface area contributed by atoms with Gasteiger partial charge in [0.15, 0.2) is 0 Å². The van der Waals surface area contributed by atoms with Gasteiger partial charge in [0, 0.05) is 36.1 Å². The average molecular weight is 350 g/mol. The van der Waals surface area contributed by atoms with Crippen molar-refractivity contribution in [1.29, 1.82) is 0 Å². The Kier molecular flexibility index (Phi) is 5.15. The van der Waals surface area contributed by atoms with E-state index >= 15 is 0 Å². The molecule has 0 radical (unpaired) electrons. The number of aromatic nitrogens is 2. The molecule has 24 heavy (non-hydrogen) atoms. The highest BCUT2D eigenvalue weighted by Crippen LogP contribution is 2.29. The molecule has 0 spiro atoms. The van der Waals surface area contributed by atoms with Crippen LogP contribution in [0.15, 0.2) is 35.5 Å². The molecule has 0 atom stereocenters. The first-order valence-corrected chi connectivity index (χ1v) is 8.65. The van der Waals surface area contributed by atoms with E-state index in [0.29, 0.717) is 16.8 Å². The van der Waals surface area contributed by atoms with Gasteiger partial charge in [-0.3, -0.25) is 4.79 Å². The molecule has 1 aromatic carbocycles. The lowest BCUT2D eigenvalue weighted by atomic mass is 10.1. The Morgan fingerprint density at radius 2 is 1.88 bits per heavy atom. The van der Waals surface area contributed by atoms with Crippen LogP contribution in [0.1, 0.15) is 20.8 Å². The van der Waals surface area contributed by atoms with Crippen LogP contribution in [0.25, 0.3) is 11.1 Å². The molecule has 1 heterocycles. The summed E-state index contributed by atoms with van der Waals surface area (Å²) in [5.74, 6) is -0.318. The summed E-state index contributed by atoms with van der Waals surface area (Å²) in [6.45, 7) is 5.01. The number of nitrogens with two attached hydrogens (primary N) is 1. The van der Waals surface area contributed by atoms with Crippen molar-refractivity contribution in [3.05, 3.63) is 30.6 Å². The number of primary sulfonamides is 1. The van der Waals surface area contributed by atoms with E-state index in [1.165, 1.54) is 31.5 Å². The molecule has 2 aromatic rings. The molecular formula is C15H18N4O4S. The fraction of sp³-hybridized carbons (Fsp3) is 0.267. The van der Waals surface area contributed by atoms with Crippen molar-refractivity contribution in [2.45, 2.75) is 31.8 Å². The van der Waals surface area contributed by atoms with E-state index in [4.69, 9.17) is 9.88 Å². The standard InChI is InChI=1S/C15H18N4O4S/c1-9(2)23-15-17-7-11(8-18-15)13-5-4-12(19-10(3)20)6-14(13)24(16,21)22/h4-9H,1-3H3,(H,19,20)(H2,16,21,22). The van der Waals surface area contributed by atoms with Gasteiger partial charge in [-0.2, -0.15) is 0 Å². The van der Waals surface area contributed by atoms with Gasteiger partial charge >= 0.3 is 6.01 Å². The number of anilines is 1. The molecule has 0 fully saturated rings. The molecule has 0 aliphatic carbocycles. The molecule has 3 N–H and O–H groups in total. The summed E-state index contributed by atoms with van der Waals surface area (Å²) < 4.78 is 29.1. The molecule has 2 rings (SSSR count). The Morgan fingerprint density at radius 3 is 2.38 bits per heavy atom. The number of nitrogens with zero attached hydrogens (tertiary/aromatic N) is 2. The van der Waals surface area contributed by atoms with Crippen molar-refractivity contribution in [2.24, 2.45) is 5.14 Å². The maximum atomic E-state index is 11.9. The minimum atomic E-state index is -4.01. The van der Waals surface area contributed by atoms with Crippen LogP contribution < -0.4 is 15.2 Å². The number of benzene rings is 1. The number of hydrogen-bond acceptors (Lipinski definition) is 6. The second-order valence-corrected chi connectivity index (χ2v) is 6.89. The summed E-state index contributed by atoms with van der Waals surface area (Å²) in [5.41, 5.74) is 1.13. The van der Waals surface area contributed by atoms with Crippen molar-refractivity contribution < 1.29 is 17.9 Å². The van der Waals surface area contributed by atoms with E-state index in [0.717, 1.165) is 0 Å². The van der Waals surface area contributed by atoms with Gasteiger partial charge in [-0.05, 0) is 26.0 Å². The zero-order valence-electron chi connectivity index (χ0n) is 13.5. The van der Waals surface area contributed by atoms with Crippen LogP contribution >= 0.6 is 0 Å². The average Bonchev–Trinajstić information content (AvgIpc) is 2.46. The molecule has 1 aromatic heterocycles. The summed E-state index contributed by atoms with van der Waals surface area (Å²) >= 11 is 0. The molecule has 0 unspecified atom stereocenters. The summed E-state index contributed by atoms with van der Waals surface area (Å²) in [6, 6.07) is 4.60. The van der Waals surface area contributed by atoms with Gasteiger partial charge in [-0.1, -0.05) is 6.07 Å². The number of carbonyl (C=O) groups excluding carboxylic acids is 1. The predicted molar refractivity (Wildman–Crippen MR) is 88.9 cm³/mol. The Balaban J connectivity index is 2.47. The van der Waals surface area contributed by atoms with E-state index in [-0.39, 0.29) is 22.9 Å². The number of rotatable bonds is 5. The summed E-state index contributed by atoms with van der Waals surface area (Å²) in [5, 5.41) is 7.80. The first-order chi connectivity index (χ1) is 11.2. The molecule has 9 heteroatoms. The Labute approximate surface area is 140 Å². The lowest BCUT2D eigenvalue weighted by Crippen LogP contribution is -2.15. The first-order valence-electron chi connectivity index (χ1n) is 7.10. The number of nitrogens with one attached hydrogen (secondary N) is 1. The predicted octanol–water partition coefficient (Wildman–Crippen LogP) is 1.54. The van der Waals surface area contributed by atoms with E-state index < -0.39 is 10.0 Å².